The van der Waals surface area contributed by atoms with Gasteiger partial charge in [-0.1, -0.05) is 30.3 Å². The summed E-state index contributed by atoms with van der Waals surface area (Å²) in [6.07, 6.45) is 0. The van der Waals surface area contributed by atoms with Crippen LogP contribution in [0.5, 0.6) is 0 Å². The van der Waals surface area contributed by atoms with E-state index in [1.54, 1.807) is 6.07 Å². The number of nitrogens with two attached hydrogens (primary N) is 1. The van der Waals surface area contributed by atoms with Gasteiger partial charge in [-0.15, -0.1) is 0 Å². The van der Waals surface area contributed by atoms with Gasteiger partial charge in [-0.2, -0.15) is 0 Å². The number of nitrogens with one attached hydrogen (secondary N) is 1. The van der Waals surface area contributed by atoms with Crippen molar-refractivity contribution in [2.45, 2.75) is 20.0 Å². The van der Waals surface area contributed by atoms with Crippen molar-refractivity contribution in [3.05, 3.63) is 65.0 Å². The van der Waals surface area contributed by atoms with Crippen LogP contribution in [0, 0.1) is 6.92 Å². The average molecular weight is 255 g/mol. The van der Waals surface area contributed by atoms with Crippen LogP contribution in [-0.4, -0.2) is 10.9 Å². The summed E-state index contributed by atoms with van der Waals surface area (Å²) in [5, 5.41) is 2.85. The lowest BCUT2D eigenvalue weighted by atomic mass is 10.1. The zero-order chi connectivity index (χ0) is 13.7. The summed E-state index contributed by atoms with van der Waals surface area (Å²) in [5.74, 6) is -0.161. The van der Waals surface area contributed by atoms with E-state index in [2.05, 4.69) is 10.3 Å². The van der Waals surface area contributed by atoms with Crippen molar-refractivity contribution >= 4 is 5.91 Å². The predicted octanol–water partition coefficient (Wildman–Crippen LogP) is 1.78. The Balaban J connectivity index is 1.96. The number of hydrogen-bond donors (Lipinski definition) is 2. The minimum Gasteiger partial charge on any atom is -0.347 e. The van der Waals surface area contributed by atoms with Gasteiger partial charge in [-0.3, -0.25) is 4.79 Å². The largest absolute Gasteiger partial charge is 0.347 e. The van der Waals surface area contributed by atoms with Gasteiger partial charge in [0.2, 0.25) is 0 Å². The van der Waals surface area contributed by atoms with Gasteiger partial charge >= 0.3 is 0 Å². The molecule has 0 aliphatic rings. The Hall–Kier alpha value is -2.20. The number of carbonyl (C=O) groups excluding carboxylic acids is 1. The molecule has 2 rings (SSSR count). The lowest BCUT2D eigenvalue weighted by Gasteiger charge is -2.06. The van der Waals surface area contributed by atoms with Gasteiger partial charge in [0.25, 0.3) is 5.91 Å². The summed E-state index contributed by atoms with van der Waals surface area (Å²) in [6, 6.07) is 13.3. The van der Waals surface area contributed by atoms with Crippen molar-refractivity contribution < 1.29 is 4.79 Å². The van der Waals surface area contributed by atoms with E-state index in [-0.39, 0.29) is 5.91 Å². The number of aromatic nitrogens is 1. The molecule has 0 saturated carbocycles. The lowest BCUT2D eigenvalue weighted by molar-refractivity contribution is 0.0945. The Morgan fingerprint density at radius 3 is 2.47 bits per heavy atom. The molecular formula is C15H17N3O. The highest BCUT2D eigenvalue weighted by Gasteiger charge is 2.06. The molecule has 0 atom stereocenters. The van der Waals surface area contributed by atoms with Gasteiger partial charge in [0.05, 0.1) is 0 Å². The maximum atomic E-state index is 11.9. The average Bonchev–Trinajstić information content (AvgIpc) is 2.45. The first-order valence-corrected chi connectivity index (χ1v) is 6.19. The van der Waals surface area contributed by atoms with Crippen LogP contribution < -0.4 is 11.1 Å². The number of carbonyl (C=O) groups is 1. The molecule has 98 valence electrons. The fourth-order valence-electron chi connectivity index (χ4n) is 1.74. The molecule has 0 aliphatic carbocycles. The van der Waals surface area contributed by atoms with Crippen LogP contribution in [0.15, 0.2) is 42.5 Å². The number of benzene rings is 1. The molecule has 3 N–H and O–H groups in total. The SMILES string of the molecule is Cc1cccc(C(=O)NCc2ccc(CN)cc2)n1. The third kappa shape index (κ3) is 3.63. The second kappa shape index (κ2) is 6.11. The van der Waals surface area contributed by atoms with Crippen LogP contribution in [0.25, 0.3) is 0 Å². The number of nitrogens with zero attached hydrogens (tertiary/aromatic N) is 1. The molecular weight excluding hydrogens is 238 g/mol. The Morgan fingerprint density at radius 2 is 1.84 bits per heavy atom. The molecule has 0 spiro atoms. The highest BCUT2D eigenvalue weighted by Crippen LogP contribution is 2.04. The summed E-state index contributed by atoms with van der Waals surface area (Å²) in [5.41, 5.74) is 8.93. The van der Waals surface area contributed by atoms with E-state index in [0.29, 0.717) is 18.8 Å². The number of amides is 1. The fourth-order valence-corrected chi connectivity index (χ4v) is 1.74. The summed E-state index contributed by atoms with van der Waals surface area (Å²) in [6.45, 7) is 2.88. The summed E-state index contributed by atoms with van der Waals surface area (Å²) < 4.78 is 0. The molecule has 0 saturated heterocycles. The van der Waals surface area contributed by atoms with Gasteiger partial charge in [0, 0.05) is 18.8 Å². The molecule has 2 aromatic rings. The highest BCUT2D eigenvalue weighted by atomic mass is 16.1. The molecule has 19 heavy (non-hydrogen) atoms. The first-order valence-electron chi connectivity index (χ1n) is 6.19. The second-order valence-electron chi connectivity index (χ2n) is 4.37. The van der Waals surface area contributed by atoms with E-state index >= 15 is 0 Å². The number of rotatable bonds is 4. The van der Waals surface area contributed by atoms with Crippen LogP contribution in [0.4, 0.5) is 0 Å². The summed E-state index contributed by atoms with van der Waals surface area (Å²) >= 11 is 0. The van der Waals surface area contributed by atoms with Gasteiger partial charge in [0.1, 0.15) is 5.69 Å². The van der Waals surface area contributed by atoms with Crippen molar-refractivity contribution in [3.8, 4) is 0 Å². The van der Waals surface area contributed by atoms with E-state index in [9.17, 15) is 4.79 Å². The first-order chi connectivity index (χ1) is 9.19. The molecule has 0 radical (unpaired) electrons. The molecule has 0 bridgehead atoms. The summed E-state index contributed by atoms with van der Waals surface area (Å²) in [4.78, 5) is 16.1. The molecule has 1 amide bonds. The van der Waals surface area contributed by atoms with Gasteiger partial charge < -0.3 is 11.1 Å². The zero-order valence-electron chi connectivity index (χ0n) is 10.9. The first kappa shape index (κ1) is 13.2. The van der Waals surface area contributed by atoms with Crippen molar-refractivity contribution in [2.24, 2.45) is 5.73 Å². The topological polar surface area (TPSA) is 68.0 Å². The van der Waals surface area contributed by atoms with Gasteiger partial charge in [-0.25, -0.2) is 4.98 Å². The zero-order valence-corrected chi connectivity index (χ0v) is 10.9. The van der Waals surface area contributed by atoms with Crippen LogP contribution in [0.1, 0.15) is 27.3 Å². The van der Waals surface area contributed by atoms with Gasteiger partial charge in [-0.05, 0) is 30.2 Å². The van der Waals surface area contributed by atoms with Crippen LogP contribution in [-0.2, 0) is 13.1 Å². The number of pyridine rings is 1. The molecule has 0 unspecified atom stereocenters. The molecule has 1 aromatic carbocycles. The van der Waals surface area contributed by atoms with Crippen LogP contribution in [0.2, 0.25) is 0 Å². The van der Waals surface area contributed by atoms with E-state index in [1.165, 1.54) is 0 Å². The van der Waals surface area contributed by atoms with E-state index in [1.807, 2.05) is 43.3 Å². The number of hydrogen-bond acceptors (Lipinski definition) is 3. The molecule has 0 aliphatic heterocycles. The highest BCUT2D eigenvalue weighted by molar-refractivity contribution is 5.92. The van der Waals surface area contributed by atoms with Crippen molar-refractivity contribution in [2.75, 3.05) is 0 Å². The van der Waals surface area contributed by atoms with E-state index in [4.69, 9.17) is 5.73 Å². The quantitative estimate of drug-likeness (QED) is 0.875. The Bertz CT molecular complexity index is 564. The second-order valence-corrected chi connectivity index (χ2v) is 4.37. The Labute approximate surface area is 112 Å². The normalized spacial score (nSPS) is 10.2. The summed E-state index contributed by atoms with van der Waals surface area (Å²) in [7, 11) is 0. The molecule has 4 heteroatoms. The maximum absolute atomic E-state index is 11.9. The molecule has 0 fully saturated rings. The smallest absolute Gasteiger partial charge is 0.270 e. The standard InChI is InChI=1S/C15H17N3O/c1-11-3-2-4-14(18-11)15(19)17-10-13-7-5-12(9-16)6-8-13/h2-8H,9-10,16H2,1H3,(H,17,19). The number of aryl methyl sites for hydroxylation is 1. The van der Waals surface area contributed by atoms with E-state index in [0.717, 1.165) is 16.8 Å². The maximum Gasteiger partial charge on any atom is 0.270 e. The fraction of sp³-hybridized carbons (Fsp3) is 0.200. The lowest BCUT2D eigenvalue weighted by Crippen LogP contribution is -2.23. The Morgan fingerprint density at radius 1 is 1.16 bits per heavy atom. The van der Waals surface area contributed by atoms with Crippen molar-refractivity contribution in [1.29, 1.82) is 0 Å². The third-order valence-electron chi connectivity index (χ3n) is 2.83. The minimum absolute atomic E-state index is 0.161. The molecule has 4 nitrogen and oxygen atoms in total. The van der Waals surface area contributed by atoms with Crippen molar-refractivity contribution in [1.82, 2.24) is 10.3 Å². The van der Waals surface area contributed by atoms with Crippen LogP contribution in [0.3, 0.4) is 0 Å². The van der Waals surface area contributed by atoms with Crippen LogP contribution >= 0.6 is 0 Å². The van der Waals surface area contributed by atoms with Crippen molar-refractivity contribution in [3.63, 3.8) is 0 Å². The van der Waals surface area contributed by atoms with Gasteiger partial charge in [0.15, 0.2) is 0 Å². The van der Waals surface area contributed by atoms with E-state index < -0.39 is 0 Å². The third-order valence-corrected chi connectivity index (χ3v) is 2.83. The Kier molecular flexibility index (Phi) is 4.26. The predicted molar refractivity (Wildman–Crippen MR) is 74.5 cm³/mol. The molecule has 1 heterocycles. The minimum atomic E-state index is -0.161. The molecule has 1 aromatic heterocycles. The monoisotopic (exact) mass is 255 g/mol.